The van der Waals surface area contributed by atoms with Gasteiger partial charge in [0.15, 0.2) is 0 Å². The van der Waals surface area contributed by atoms with Crippen LogP contribution < -0.4 is 9.04 Å². The molecule has 0 spiro atoms. The number of hydrogen-bond acceptors (Lipinski definition) is 6. The maximum Gasteiger partial charge on any atom is 0.340 e. The number of anilines is 1. The lowest BCUT2D eigenvalue weighted by atomic mass is 10.0. The van der Waals surface area contributed by atoms with E-state index in [-0.39, 0.29) is 29.3 Å². The Morgan fingerprint density at radius 1 is 0.969 bits per heavy atom. The number of benzene rings is 3. The molecule has 0 bridgehead atoms. The minimum Gasteiger partial charge on any atom is -0.497 e. The Labute approximate surface area is 187 Å². The summed E-state index contributed by atoms with van der Waals surface area (Å²) >= 11 is 0. The second-order valence-electron chi connectivity index (χ2n) is 7.13. The van der Waals surface area contributed by atoms with E-state index in [0.717, 1.165) is 5.56 Å². The molecule has 0 unspecified atom stereocenters. The van der Waals surface area contributed by atoms with Crippen LogP contribution in [-0.2, 0) is 27.9 Å². The van der Waals surface area contributed by atoms with Gasteiger partial charge in [0.1, 0.15) is 5.75 Å². The van der Waals surface area contributed by atoms with E-state index in [4.69, 9.17) is 9.47 Å². The van der Waals surface area contributed by atoms with E-state index in [9.17, 15) is 18.3 Å². The number of carbonyl (C=O) groups excluding carboxylic acids is 1. The summed E-state index contributed by atoms with van der Waals surface area (Å²) in [6.45, 7) is 1.40. The Morgan fingerprint density at radius 3 is 2.19 bits per heavy atom. The predicted octanol–water partition coefficient (Wildman–Crippen LogP) is 3.68. The van der Waals surface area contributed by atoms with Crippen LogP contribution in [0.5, 0.6) is 5.75 Å². The van der Waals surface area contributed by atoms with Crippen molar-refractivity contribution >= 4 is 21.7 Å². The van der Waals surface area contributed by atoms with Gasteiger partial charge in [-0.25, -0.2) is 13.2 Å². The zero-order valence-electron chi connectivity index (χ0n) is 18.1. The van der Waals surface area contributed by atoms with Crippen molar-refractivity contribution in [1.29, 1.82) is 0 Å². The molecule has 8 heteroatoms. The fourth-order valence-electron chi connectivity index (χ4n) is 3.45. The normalized spacial score (nSPS) is 11.1. The highest BCUT2D eigenvalue weighted by molar-refractivity contribution is 7.92. The SMILES string of the molecule is COC(=O)c1cc(CO)cc(C)c1N(Cc1ccccc1)S(=O)(=O)c1ccc(OC)cc1. The zero-order valence-corrected chi connectivity index (χ0v) is 18.9. The number of ether oxygens (including phenoxy) is 2. The monoisotopic (exact) mass is 455 g/mol. The van der Waals surface area contributed by atoms with Crippen molar-refractivity contribution in [2.75, 3.05) is 18.5 Å². The molecule has 3 aromatic rings. The largest absolute Gasteiger partial charge is 0.497 e. The molecule has 32 heavy (non-hydrogen) atoms. The molecule has 0 aromatic heterocycles. The van der Waals surface area contributed by atoms with Crippen LogP contribution in [0.15, 0.2) is 71.6 Å². The first-order chi connectivity index (χ1) is 15.3. The highest BCUT2D eigenvalue weighted by Gasteiger charge is 2.31. The number of carbonyl (C=O) groups is 1. The summed E-state index contributed by atoms with van der Waals surface area (Å²) in [5, 5.41) is 9.60. The fourth-order valence-corrected chi connectivity index (χ4v) is 4.99. The Morgan fingerprint density at radius 2 is 1.62 bits per heavy atom. The molecule has 0 saturated heterocycles. The zero-order chi connectivity index (χ0) is 23.3. The maximum absolute atomic E-state index is 13.8. The lowest BCUT2D eigenvalue weighted by Gasteiger charge is -2.28. The van der Waals surface area contributed by atoms with Gasteiger partial charge in [-0.1, -0.05) is 36.4 Å². The van der Waals surface area contributed by atoms with E-state index < -0.39 is 16.0 Å². The number of methoxy groups -OCH3 is 2. The Hall–Kier alpha value is -3.36. The number of sulfonamides is 1. The van der Waals surface area contributed by atoms with Gasteiger partial charge in [-0.05, 0) is 53.9 Å². The smallest absolute Gasteiger partial charge is 0.340 e. The molecule has 3 rings (SSSR count). The topological polar surface area (TPSA) is 93.1 Å². The highest BCUT2D eigenvalue weighted by atomic mass is 32.2. The standard InChI is InChI=1S/C24H25NO6S/c1-17-13-19(16-26)14-22(24(27)31-3)23(17)25(15-18-7-5-4-6-8-18)32(28,29)21-11-9-20(30-2)10-12-21/h4-14,26H,15-16H2,1-3H3. The number of aryl methyl sites for hydroxylation is 1. The summed E-state index contributed by atoms with van der Waals surface area (Å²) in [6.07, 6.45) is 0. The third kappa shape index (κ3) is 4.76. The van der Waals surface area contributed by atoms with Crippen molar-refractivity contribution in [1.82, 2.24) is 0 Å². The summed E-state index contributed by atoms with van der Waals surface area (Å²) in [4.78, 5) is 12.7. The van der Waals surface area contributed by atoms with Gasteiger partial charge in [-0.2, -0.15) is 0 Å². The van der Waals surface area contributed by atoms with E-state index in [1.165, 1.54) is 36.7 Å². The molecular formula is C24H25NO6S. The third-order valence-electron chi connectivity index (χ3n) is 5.01. The first-order valence-electron chi connectivity index (χ1n) is 9.85. The summed E-state index contributed by atoms with van der Waals surface area (Å²) < 4.78 is 38.8. The van der Waals surface area contributed by atoms with Crippen LogP contribution in [-0.4, -0.2) is 33.7 Å². The molecule has 0 saturated carbocycles. The maximum atomic E-state index is 13.8. The molecule has 0 aliphatic rings. The van der Waals surface area contributed by atoms with Crippen LogP contribution in [0.4, 0.5) is 5.69 Å². The molecular weight excluding hydrogens is 430 g/mol. The Balaban J connectivity index is 2.25. The lowest BCUT2D eigenvalue weighted by Crippen LogP contribution is -2.33. The van der Waals surface area contributed by atoms with Gasteiger partial charge in [0.25, 0.3) is 10.0 Å². The first-order valence-corrected chi connectivity index (χ1v) is 11.3. The van der Waals surface area contributed by atoms with E-state index in [0.29, 0.717) is 16.9 Å². The first kappa shape index (κ1) is 23.3. The predicted molar refractivity (Wildman–Crippen MR) is 121 cm³/mol. The van der Waals surface area contributed by atoms with Gasteiger partial charge >= 0.3 is 5.97 Å². The number of nitrogens with zero attached hydrogens (tertiary/aromatic N) is 1. The fraction of sp³-hybridized carbons (Fsp3) is 0.208. The number of aliphatic hydroxyl groups is 1. The molecule has 0 fully saturated rings. The molecule has 1 N–H and O–H groups in total. The van der Waals surface area contributed by atoms with E-state index in [1.54, 1.807) is 25.1 Å². The lowest BCUT2D eigenvalue weighted by molar-refractivity contribution is 0.0601. The second kappa shape index (κ2) is 9.84. The summed E-state index contributed by atoms with van der Waals surface area (Å²) in [7, 11) is -1.35. The number of aliphatic hydroxyl groups excluding tert-OH is 1. The van der Waals surface area contributed by atoms with Crippen LogP contribution in [0.1, 0.15) is 27.0 Å². The highest BCUT2D eigenvalue weighted by Crippen LogP contribution is 2.34. The average molecular weight is 456 g/mol. The molecule has 0 aliphatic heterocycles. The number of hydrogen-bond donors (Lipinski definition) is 1. The van der Waals surface area contributed by atoms with Crippen molar-refractivity contribution < 1.29 is 27.8 Å². The number of rotatable bonds is 8. The van der Waals surface area contributed by atoms with E-state index >= 15 is 0 Å². The van der Waals surface area contributed by atoms with Crippen LogP contribution in [0.2, 0.25) is 0 Å². The number of esters is 1. The molecule has 0 amide bonds. The molecule has 0 atom stereocenters. The van der Waals surface area contributed by atoms with Crippen molar-refractivity contribution in [3.63, 3.8) is 0 Å². The van der Waals surface area contributed by atoms with Gasteiger partial charge < -0.3 is 14.6 Å². The van der Waals surface area contributed by atoms with E-state index in [2.05, 4.69) is 0 Å². The Bertz CT molecular complexity index is 1190. The minimum absolute atomic E-state index is 0.00148. The van der Waals surface area contributed by atoms with Crippen LogP contribution in [0, 0.1) is 6.92 Å². The van der Waals surface area contributed by atoms with Crippen LogP contribution >= 0.6 is 0 Å². The molecule has 0 heterocycles. The van der Waals surface area contributed by atoms with Crippen LogP contribution in [0.25, 0.3) is 0 Å². The summed E-state index contributed by atoms with van der Waals surface area (Å²) in [6, 6.07) is 18.3. The van der Waals surface area contributed by atoms with Crippen molar-refractivity contribution in [3.8, 4) is 5.75 Å². The summed E-state index contributed by atoms with van der Waals surface area (Å²) in [5.74, 6) is -0.168. The molecule has 0 aliphatic carbocycles. The van der Waals surface area contributed by atoms with Gasteiger partial charge in [0.05, 0.1) is 43.5 Å². The average Bonchev–Trinajstić information content (AvgIpc) is 2.82. The van der Waals surface area contributed by atoms with Gasteiger partial charge in [0.2, 0.25) is 0 Å². The summed E-state index contributed by atoms with van der Waals surface area (Å²) in [5.41, 5.74) is 2.00. The molecule has 3 aromatic carbocycles. The quantitative estimate of drug-likeness (QED) is 0.521. The van der Waals surface area contributed by atoms with Gasteiger partial charge in [-0.15, -0.1) is 0 Å². The molecule has 168 valence electrons. The van der Waals surface area contributed by atoms with Gasteiger partial charge in [-0.3, -0.25) is 4.31 Å². The van der Waals surface area contributed by atoms with Crippen molar-refractivity contribution in [3.05, 3.63) is 89.0 Å². The molecule has 0 radical (unpaired) electrons. The Kier molecular flexibility index (Phi) is 7.17. The molecule has 7 nitrogen and oxygen atoms in total. The minimum atomic E-state index is -4.08. The third-order valence-corrected chi connectivity index (χ3v) is 6.77. The van der Waals surface area contributed by atoms with E-state index in [1.807, 2.05) is 30.3 Å². The van der Waals surface area contributed by atoms with Gasteiger partial charge in [0, 0.05) is 0 Å². The second-order valence-corrected chi connectivity index (χ2v) is 8.99. The van der Waals surface area contributed by atoms with Crippen molar-refractivity contribution in [2.45, 2.75) is 25.0 Å². The van der Waals surface area contributed by atoms with Crippen molar-refractivity contribution in [2.24, 2.45) is 0 Å². The van der Waals surface area contributed by atoms with Crippen LogP contribution in [0.3, 0.4) is 0 Å².